The van der Waals surface area contributed by atoms with Crippen LogP contribution in [-0.4, -0.2) is 35.2 Å². The van der Waals surface area contributed by atoms with E-state index in [1.54, 1.807) is 4.90 Å². The number of hydrogen-bond acceptors (Lipinski definition) is 6. The monoisotopic (exact) mass is 422 g/mol. The molecule has 154 valence electrons. The summed E-state index contributed by atoms with van der Waals surface area (Å²) in [6, 6.07) is 17.3. The molecule has 8 heteroatoms. The molecule has 2 amide bonds. The van der Waals surface area contributed by atoms with Crippen molar-refractivity contribution in [2.45, 2.75) is 19.8 Å². The summed E-state index contributed by atoms with van der Waals surface area (Å²) in [7, 11) is 0. The summed E-state index contributed by atoms with van der Waals surface area (Å²) >= 11 is 1.35. The average molecular weight is 423 g/mol. The summed E-state index contributed by atoms with van der Waals surface area (Å²) in [5.41, 5.74) is 1.90. The van der Waals surface area contributed by atoms with E-state index >= 15 is 0 Å². The number of nitrogens with one attached hydrogen (secondary N) is 1. The number of nitrogens with zero attached hydrogens (tertiary/aromatic N) is 3. The molecule has 1 saturated heterocycles. The summed E-state index contributed by atoms with van der Waals surface area (Å²) < 4.78 is 5.44. The third-order valence-electron chi connectivity index (χ3n) is 4.85. The van der Waals surface area contributed by atoms with Crippen molar-refractivity contribution >= 4 is 34.0 Å². The number of carbonyl (C=O) groups excluding carboxylic acids is 2. The highest BCUT2D eigenvalue weighted by molar-refractivity contribution is 7.15. The lowest BCUT2D eigenvalue weighted by Gasteiger charge is -2.17. The Morgan fingerprint density at radius 2 is 1.93 bits per heavy atom. The molecule has 0 radical (unpaired) electrons. The topological polar surface area (TPSA) is 84.4 Å². The van der Waals surface area contributed by atoms with Gasteiger partial charge in [0.2, 0.25) is 16.9 Å². The molecular formula is C22H22N4O3S. The van der Waals surface area contributed by atoms with Gasteiger partial charge in [0.15, 0.2) is 0 Å². The number of carbonyl (C=O) groups is 2. The molecule has 1 fully saturated rings. The first kappa shape index (κ1) is 20.0. The van der Waals surface area contributed by atoms with Crippen LogP contribution < -0.4 is 15.0 Å². The number of ether oxygens (including phenoxy) is 1. The molecule has 7 nitrogen and oxygen atoms in total. The first-order chi connectivity index (χ1) is 14.6. The van der Waals surface area contributed by atoms with Crippen LogP contribution in [0.4, 0.5) is 10.8 Å². The molecule has 2 aromatic carbocycles. The van der Waals surface area contributed by atoms with Crippen LogP contribution in [0.15, 0.2) is 54.6 Å². The highest BCUT2D eigenvalue weighted by Crippen LogP contribution is 2.28. The highest BCUT2D eigenvalue weighted by atomic mass is 32.1. The van der Waals surface area contributed by atoms with E-state index in [9.17, 15) is 9.59 Å². The van der Waals surface area contributed by atoms with Gasteiger partial charge in [-0.3, -0.25) is 9.59 Å². The molecule has 1 aromatic heterocycles. The van der Waals surface area contributed by atoms with Gasteiger partial charge in [-0.25, -0.2) is 0 Å². The van der Waals surface area contributed by atoms with Crippen LogP contribution in [0.5, 0.6) is 5.75 Å². The number of hydrogen-bond donors (Lipinski definition) is 1. The predicted molar refractivity (Wildman–Crippen MR) is 116 cm³/mol. The third kappa shape index (κ3) is 4.65. The second-order valence-electron chi connectivity index (χ2n) is 6.98. The zero-order valence-electron chi connectivity index (χ0n) is 16.6. The maximum Gasteiger partial charge on any atom is 0.231 e. The van der Waals surface area contributed by atoms with Crippen molar-refractivity contribution in [3.63, 3.8) is 0 Å². The van der Waals surface area contributed by atoms with Crippen LogP contribution in [0.2, 0.25) is 0 Å². The molecule has 0 aliphatic carbocycles. The van der Waals surface area contributed by atoms with E-state index in [2.05, 4.69) is 15.5 Å². The quantitative estimate of drug-likeness (QED) is 0.630. The molecular weight excluding hydrogens is 400 g/mol. The number of aromatic nitrogens is 2. The zero-order chi connectivity index (χ0) is 20.9. The van der Waals surface area contributed by atoms with Crippen LogP contribution >= 0.6 is 11.3 Å². The van der Waals surface area contributed by atoms with Gasteiger partial charge in [0.25, 0.3) is 0 Å². The minimum absolute atomic E-state index is 0.0682. The highest BCUT2D eigenvalue weighted by Gasteiger charge is 2.35. The van der Waals surface area contributed by atoms with E-state index in [4.69, 9.17) is 4.74 Å². The lowest BCUT2D eigenvalue weighted by atomic mass is 10.1. The molecule has 0 spiro atoms. The van der Waals surface area contributed by atoms with E-state index in [-0.39, 0.29) is 18.2 Å². The van der Waals surface area contributed by atoms with E-state index in [1.165, 1.54) is 11.3 Å². The van der Waals surface area contributed by atoms with Gasteiger partial charge in [0.05, 0.1) is 12.5 Å². The summed E-state index contributed by atoms with van der Waals surface area (Å²) in [5.74, 6) is 0.0517. The van der Waals surface area contributed by atoms with Gasteiger partial charge in [-0.05, 0) is 36.8 Å². The maximum atomic E-state index is 12.7. The lowest BCUT2D eigenvalue weighted by molar-refractivity contribution is -0.122. The van der Waals surface area contributed by atoms with Crippen molar-refractivity contribution in [2.75, 3.05) is 23.4 Å². The Hall–Kier alpha value is -3.26. The Bertz CT molecular complexity index is 1020. The fraction of sp³-hybridized carbons (Fsp3) is 0.273. The minimum Gasteiger partial charge on any atom is -0.494 e. The normalized spacial score (nSPS) is 16.0. The lowest BCUT2D eigenvalue weighted by Crippen LogP contribution is -2.28. The van der Waals surface area contributed by atoms with Crippen LogP contribution in [0.1, 0.15) is 23.9 Å². The Labute approximate surface area is 178 Å². The van der Waals surface area contributed by atoms with Gasteiger partial charge in [0.1, 0.15) is 10.8 Å². The van der Waals surface area contributed by atoms with Crippen molar-refractivity contribution in [3.05, 3.63) is 65.2 Å². The maximum absolute atomic E-state index is 12.7. The average Bonchev–Trinajstić information content (AvgIpc) is 3.36. The van der Waals surface area contributed by atoms with Gasteiger partial charge in [-0.1, -0.05) is 41.7 Å². The van der Waals surface area contributed by atoms with E-state index < -0.39 is 5.92 Å². The predicted octanol–water partition coefficient (Wildman–Crippen LogP) is 3.52. The Morgan fingerprint density at radius 1 is 1.17 bits per heavy atom. The fourth-order valence-corrected chi connectivity index (χ4v) is 4.15. The van der Waals surface area contributed by atoms with Crippen molar-refractivity contribution < 1.29 is 14.3 Å². The van der Waals surface area contributed by atoms with Crippen molar-refractivity contribution in [1.29, 1.82) is 0 Å². The van der Waals surface area contributed by atoms with Crippen LogP contribution in [0.25, 0.3) is 0 Å². The summed E-state index contributed by atoms with van der Waals surface area (Å²) in [6.07, 6.45) is 0.844. The number of benzene rings is 2. The van der Waals surface area contributed by atoms with Gasteiger partial charge in [-0.2, -0.15) is 0 Å². The summed E-state index contributed by atoms with van der Waals surface area (Å²) in [6.45, 7) is 2.85. The largest absolute Gasteiger partial charge is 0.494 e. The number of anilines is 2. The van der Waals surface area contributed by atoms with Crippen molar-refractivity contribution in [1.82, 2.24) is 10.2 Å². The van der Waals surface area contributed by atoms with Crippen LogP contribution in [0, 0.1) is 5.92 Å². The number of rotatable bonds is 7. The molecule has 1 aliphatic rings. The molecule has 0 unspecified atom stereocenters. The first-order valence-corrected chi connectivity index (χ1v) is 10.6. The molecule has 1 aliphatic heterocycles. The molecule has 0 bridgehead atoms. The minimum atomic E-state index is -0.425. The molecule has 3 aromatic rings. The second-order valence-corrected chi connectivity index (χ2v) is 8.05. The molecule has 1 atom stereocenters. The summed E-state index contributed by atoms with van der Waals surface area (Å²) in [5, 5.41) is 12.3. The van der Waals surface area contributed by atoms with Crippen molar-refractivity contribution in [3.8, 4) is 5.75 Å². The standard InChI is InChI=1S/C22H22N4O3S/c1-2-29-18-10-8-17(9-11-18)26-14-16(13-20(26)27)21(28)23-22-25-24-19(30-22)12-15-6-4-3-5-7-15/h3-11,16H,2,12-14H2,1H3,(H,23,25,28)/t16-/m1/s1. The second kappa shape index (κ2) is 9.04. The van der Waals surface area contributed by atoms with E-state index in [1.807, 2.05) is 61.5 Å². The van der Waals surface area contributed by atoms with Gasteiger partial charge in [-0.15, -0.1) is 10.2 Å². The molecule has 4 rings (SSSR count). The Balaban J connectivity index is 1.36. The molecule has 1 N–H and O–H groups in total. The van der Waals surface area contributed by atoms with Gasteiger partial charge >= 0.3 is 0 Å². The van der Waals surface area contributed by atoms with Crippen molar-refractivity contribution in [2.24, 2.45) is 5.92 Å². The van der Waals surface area contributed by atoms with Crippen LogP contribution in [0.3, 0.4) is 0 Å². The van der Waals surface area contributed by atoms with Gasteiger partial charge in [0, 0.05) is 25.1 Å². The smallest absolute Gasteiger partial charge is 0.231 e. The summed E-state index contributed by atoms with van der Waals surface area (Å²) in [4.78, 5) is 26.8. The Morgan fingerprint density at radius 3 is 2.67 bits per heavy atom. The van der Waals surface area contributed by atoms with Crippen LogP contribution in [-0.2, 0) is 16.0 Å². The third-order valence-corrected chi connectivity index (χ3v) is 5.69. The Kier molecular flexibility index (Phi) is 6.04. The van der Waals surface area contributed by atoms with E-state index in [0.717, 1.165) is 22.0 Å². The fourth-order valence-electron chi connectivity index (χ4n) is 3.38. The molecule has 0 saturated carbocycles. The van der Waals surface area contributed by atoms with Gasteiger partial charge < -0.3 is 15.0 Å². The molecule has 30 heavy (non-hydrogen) atoms. The first-order valence-electron chi connectivity index (χ1n) is 9.82. The van der Waals surface area contributed by atoms with E-state index in [0.29, 0.717) is 24.7 Å². The molecule has 2 heterocycles. The zero-order valence-corrected chi connectivity index (χ0v) is 17.4. The SMILES string of the molecule is CCOc1ccc(N2C[C@H](C(=O)Nc3nnc(Cc4ccccc4)s3)CC2=O)cc1. The number of amides is 2.